The van der Waals surface area contributed by atoms with Crippen molar-refractivity contribution in [3.63, 3.8) is 0 Å². The molecule has 1 rings (SSSR count). The number of esters is 1. The van der Waals surface area contributed by atoms with Gasteiger partial charge >= 0.3 is 5.97 Å². The van der Waals surface area contributed by atoms with Crippen LogP contribution < -0.4 is 5.32 Å². The molecule has 1 aliphatic rings. The van der Waals surface area contributed by atoms with E-state index in [1.165, 1.54) is 135 Å². The monoisotopic (exact) mass is 1020 g/mol. The molecule has 0 aliphatic carbocycles. The molecule has 0 aromatic carbocycles. The molecule has 11 heteroatoms. The minimum absolute atomic E-state index is 0.119. The summed E-state index contributed by atoms with van der Waals surface area (Å²) >= 11 is 0. The molecular formula is C61H109NO10. The average Bonchev–Trinajstić information content (AvgIpc) is 3.38. The first kappa shape index (κ1) is 67.4. The average molecular weight is 1020 g/mol. The van der Waals surface area contributed by atoms with Gasteiger partial charge in [-0.1, -0.05) is 242 Å². The van der Waals surface area contributed by atoms with E-state index in [2.05, 4.69) is 62.5 Å². The van der Waals surface area contributed by atoms with Gasteiger partial charge in [-0.05, 0) is 64.2 Å². The van der Waals surface area contributed by atoms with Crippen molar-refractivity contribution in [3.05, 3.63) is 60.8 Å². The third kappa shape index (κ3) is 37.1. The van der Waals surface area contributed by atoms with Crippen molar-refractivity contribution in [3.8, 4) is 0 Å². The smallest absolute Gasteiger partial charge is 0.306 e. The first-order valence-electron chi connectivity index (χ1n) is 29.6. The van der Waals surface area contributed by atoms with Crippen LogP contribution in [0.4, 0.5) is 0 Å². The molecule has 6 N–H and O–H groups in total. The second-order valence-corrected chi connectivity index (χ2v) is 20.4. The Morgan fingerprint density at radius 2 is 0.958 bits per heavy atom. The van der Waals surface area contributed by atoms with Crippen molar-refractivity contribution < 1.29 is 49.3 Å². The molecule has 8 unspecified atom stereocenters. The maximum absolute atomic E-state index is 13.4. The van der Waals surface area contributed by atoms with Crippen molar-refractivity contribution in [2.45, 2.75) is 301 Å². The molecule has 1 amide bonds. The number of unbranched alkanes of at least 4 members (excludes halogenated alkanes) is 27. The summed E-state index contributed by atoms with van der Waals surface area (Å²) in [6, 6.07) is -1.05. The predicted molar refractivity (Wildman–Crippen MR) is 296 cm³/mol. The van der Waals surface area contributed by atoms with Crippen LogP contribution in [0.15, 0.2) is 60.8 Å². The Bertz CT molecular complexity index is 1400. The second kappa shape index (κ2) is 49.2. The first-order chi connectivity index (χ1) is 35.2. The minimum Gasteiger partial charge on any atom is -0.454 e. The molecule has 72 heavy (non-hydrogen) atoms. The van der Waals surface area contributed by atoms with Crippen molar-refractivity contribution >= 4 is 11.9 Å². The van der Waals surface area contributed by atoms with Crippen molar-refractivity contribution in [2.24, 2.45) is 0 Å². The third-order valence-corrected chi connectivity index (χ3v) is 13.7. The van der Waals surface area contributed by atoms with Gasteiger partial charge in [0, 0.05) is 6.42 Å². The number of ether oxygens (including phenoxy) is 3. The number of hydrogen-bond acceptors (Lipinski definition) is 10. The van der Waals surface area contributed by atoms with Gasteiger partial charge in [0.25, 0.3) is 0 Å². The molecule has 8 atom stereocenters. The lowest BCUT2D eigenvalue weighted by atomic mass is 9.99. The van der Waals surface area contributed by atoms with E-state index in [1.807, 2.05) is 18.2 Å². The van der Waals surface area contributed by atoms with Crippen LogP contribution in [0.2, 0.25) is 0 Å². The Kier molecular flexibility index (Phi) is 46.1. The highest BCUT2D eigenvalue weighted by Gasteiger charge is 2.47. The second-order valence-electron chi connectivity index (χ2n) is 20.4. The van der Waals surface area contributed by atoms with E-state index < -0.39 is 67.4 Å². The van der Waals surface area contributed by atoms with Gasteiger partial charge in [-0.25, -0.2) is 0 Å². The summed E-state index contributed by atoms with van der Waals surface area (Å²) in [6.07, 6.45) is 49.8. The summed E-state index contributed by atoms with van der Waals surface area (Å²) in [4.78, 5) is 26.4. The summed E-state index contributed by atoms with van der Waals surface area (Å²) in [5, 5.41) is 56.8. The summed E-state index contributed by atoms with van der Waals surface area (Å²) in [5.74, 6) is -1.25. The largest absolute Gasteiger partial charge is 0.454 e. The molecule has 1 saturated heterocycles. The number of amides is 1. The number of allylic oxidation sites excluding steroid dienone is 9. The molecule has 0 aromatic heterocycles. The highest BCUT2D eigenvalue weighted by atomic mass is 16.7. The van der Waals surface area contributed by atoms with Gasteiger partial charge in [-0.2, -0.15) is 0 Å². The van der Waals surface area contributed by atoms with Gasteiger partial charge in [0.1, 0.15) is 24.4 Å². The molecule has 0 saturated carbocycles. The zero-order valence-corrected chi connectivity index (χ0v) is 46.0. The van der Waals surface area contributed by atoms with E-state index in [1.54, 1.807) is 6.08 Å². The fraction of sp³-hybridized carbons (Fsp3) is 0.803. The predicted octanol–water partition coefficient (Wildman–Crippen LogP) is 13.4. The molecule has 1 aliphatic heterocycles. The van der Waals surface area contributed by atoms with E-state index >= 15 is 0 Å². The Labute approximate surface area is 439 Å². The van der Waals surface area contributed by atoms with Gasteiger partial charge in [0.2, 0.25) is 5.91 Å². The van der Waals surface area contributed by atoms with Crippen molar-refractivity contribution in [1.82, 2.24) is 5.32 Å². The van der Waals surface area contributed by atoms with Crippen LogP contribution in [0, 0.1) is 0 Å². The number of nitrogens with one attached hydrogen (secondary N) is 1. The standard InChI is InChI=1S/C61H109NO10/c1-4-7-10-13-16-19-22-25-27-29-30-33-36-39-42-45-48-54(65)60(69)62-52(53(64)47-44-41-38-35-32-24-21-18-15-12-9-6-3)51-70-61-59(58(68)57(67)55(50-63)71-61)72-56(66)49-46-43-40-37-34-31-28-26-23-20-17-14-11-8-5-2/h16,19,25,27,30,33,39,42,44,47,52-55,57-59,61,63-65,67-68H,4-15,17-18,20-24,26,28-29,31-32,34-38,40-41,43,45-46,48-51H2,1-3H3,(H,62,69)/b19-16-,27-25-,33-30-,42-39-,47-44+. The number of aliphatic hydroxyl groups is 5. The normalized spacial score (nSPS) is 19.9. The SMILES string of the molecule is CCCCC/C=C\C/C=C\C/C=C\C/C=C\CCC(O)C(=O)NC(COC1OC(CO)C(O)C(O)C1OC(=O)CCCCCCCCCCCCCCCCC)C(O)/C=C/CCCCCCCCCCCC. The van der Waals surface area contributed by atoms with Gasteiger partial charge in [0.05, 0.1) is 25.4 Å². The van der Waals surface area contributed by atoms with Crippen LogP contribution in [0.1, 0.15) is 252 Å². The lowest BCUT2D eigenvalue weighted by Crippen LogP contribution is -2.61. The van der Waals surface area contributed by atoms with Crippen molar-refractivity contribution in [1.29, 1.82) is 0 Å². The van der Waals surface area contributed by atoms with Crippen LogP contribution in [0.3, 0.4) is 0 Å². The lowest BCUT2D eigenvalue weighted by molar-refractivity contribution is -0.305. The summed E-state index contributed by atoms with van der Waals surface area (Å²) in [6.45, 7) is 5.72. The molecule has 0 radical (unpaired) electrons. The highest BCUT2D eigenvalue weighted by Crippen LogP contribution is 2.26. The Morgan fingerprint density at radius 3 is 1.46 bits per heavy atom. The molecular weight excluding hydrogens is 907 g/mol. The zero-order valence-electron chi connectivity index (χ0n) is 46.0. The maximum atomic E-state index is 13.4. The van der Waals surface area contributed by atoms with E-state index in [0.29, 0.717) is 12.8 Å². The quantitative estimate of drug-likeness (QED) is 0.0195. The number of aliphatic hydroxyl groups excluding tert-OH is 5. The summed E-state index contributed by atoms with van der Waals surface area (Å²) < 4.78 is 17.6. The highest BCUT2D eigenvalue weighted by molar-refractivity contribution is 5.80. The fourth-order valence-corrected chi connectivity index (χ4v) is 8.94. The summed E-state index contributed by atoms with van der Waals surface area (Å²) in [7, 11) is 0. The van der Waals surface area contributed by atoms with Crippen molar-refractivity contribution in [2.75, 3.05) is 13.2 Å². The number of rotatable bonds is 49. The van der Waals surface area contributed by atoms with Gasteiger partial charge in [-0.15, -0.1) is 0 Å². The molecule has 1 heterocycles. The lowest BCUT2D eigenvalue weighted by Gasteiger charge is -2.41. The van der Waals surface area contributed by atoms with Crippen LogP contribution in [0.5, 0.6) is 0 Å². The van der Waals surface area contributed by atoms with E-state index in [4.69, 9.17) is 14.2 Å². The van der Waals surface area contributed by atoms with Gasteiger partial charge in [0.15, 0.2) is 12.4 Å². The van der Waals surface area contributed by atoms with Crippen LogP contribution in [-0.2, 0) is 23.8 Å². The molecule has 1 fully saturated rings. The molecule has 0 bridgehead atoms. The van der Waals surface area contributed by atoms with Crippen LogP contribution in [-0.4, -0.2) is 99.6 Å². The van der Waals surface area contributed by atoms with E-state index in [0.717, 1.165) is 70.6 Å². The Hall–Kier alpha value is -2.64. The summed E-state index contributed by atoms with van der Waals surface area (Å²) in [5.41, 5.74) is 0. The number of hydrogen-bond donors (Lipinski definition) is 6. The minimum atomic E-state index is -1.62. The first-order valence-corrected chi connectivity index (χ1v) is 29.6. The third-order valence-electron chi connectivity index (χ3n) is 13.7. The van der Waals surface area contributed by atoms with Gasteiger partial charge in [-0.3, -0.25) is 9.59 Å². The zero-order chi connectivity index (χ0) is 52.5. The number of carbonyl (C=O) groups is 2. The molecule has 0 spiro atoms. The number of carbonyl (C=O) groups excluding carboxylic acids is 2. The van der Waals surface area contributed by atoms with E-state index in [9.17, 15) is 35.1 Å². The molecule has 418 valence electrons. The van der Waals surface area contributed by atoms with Gasteiger partial charge < -0.3 is 45.1 Å². The van der Waals surface area contributed by atoms with Crippen LogP contribution >= 0.6 is 0 Å². The molecule has 0 aromatic rings. The topological polar surface area (TPSA) is 175 Å². The van der Waals surface area contributed by atoms with Crippen LogP contribution in [0.25, 0.3) is 0 Å². The Balaban J connectivity index is 2.76. The maximum Gasteiger partial charge on any atom is 0.306 e. The Morgan fingerprint density at radius 1 is 0.542 bits per heavy atom. The molecule has 11 nitrogen and oxygen atoms in total. The van der Waals surface area contributed by atoms with E-state index in [-0.39, 0.29) is 19.4 Å². The fourth-order valence-electron chi connectivity index (χ4n) is 8.94.